The first kappa shape index (κ1) is 19.7. The van der Waals surface area contributed by atoms with Crippen LogP contribution >= 0.6 is 0 Å². The van der Waals surface area contributed by atoms with E-state index < -0.39 is 11.6 Å². The van der Waals surface area contributed by atoms with Crippen molar-refractivity contribution in [1.29, 1.82) is 0 Å². The van der Waals surface area contributed by atoms with Gasteiger partial charge in [-0.25, -0.2) is 4.79 Å². The molecule has 4 rings (SSSR count). The highest BCUT2D eigenvalue weighted by Crippen LogP contribution is 2.32. The summed E-state index contributed by atoms with van der Waals surface area (Å²) in [5.41, 5.74) is 1.45. The molecule has 5 heteroatoms. The van der Waals surface area contributed by atoms with Crippen LogP contribution in [0.2, 0.25) is 0 Å². The Hall–Kier alpha value is -3.60. The van der Waals surface area contributed by atoms with Crippen LogP contribution in [0.1, 0.15) is 25.0 Å². The van der Waals surface area contributed by atoms with Crippen LogP contribution in [0.4, 0.5) is 4.79 Å². The summed E-state index contributed by atoms with van der Waals surface area (Å²) in [6, 6.07) is 20.7. The topological polar surface area (TPSA) is 58.6 Å². The third-order valence-corrected chi connectivity index (χ3v) is 5.40. The number of carbonyl (C=O) groups is 2. The Morgan fingerprint density at radius 1 is 1.03 bits per heavy atom. The second-order valence-electron chi connectivity index (χ2n) is 7.85. The molecule has 1 fully saturated rings. The van der Waals surface area contributed by atoms with Crippen molar-refractivity contribution < 1.29 is 14.3 Å². The van der Waals surface area contributed by atoms with Crippen molar-refractivity contribution in [3.8, 4) is 5.75 Å². The summed E-state index contributed by atoms with van der Waals surface area (Å²) in [7, 11) is 0. The lowest BCUT2D eigenvalue weighted by Gasteiger charge is -2.23. The summed E-state index contributed by atoms with van der Waals surface area (Å²) in [4.78, 5) is 27.3. The number of hydrogen-bond acceptors (Lipinski definition) is 3. The number of nitrogens with zero attached hydrogens (tertiary/aromatic N) is 1. The first-order chi connectivity index (χ1) is 14.4. The van der Waals surface area contributed by atoms with Gasteiger partial charge in [0, 0.05) is 0 Å². The average Bonchev–Trinajstić information content (AvgIpc) is 2.96. The molecular formula is C25H24N2O3. The minimum absolute atomic E-state index is 0.224. The number of rotatable bonds is 6. The fourth-order valence-corrected chi connectivity index (χ4v) is 3.73. The highest BCUT2D eigenvalue weighted by atomic mass is 16.5. The summed E-state index contributed by atoms with van der Waals surface area (Å²) < 4.78 is 5.62. The molecule has 0 aromatic heterocycles. The fraction of sp³-hybridized carbons (Fsp3) is 0.200. The molecule has 3 aromatic carbocycles. The maximum Gasteiger partial charge on any atom is 0.325 e. The van der Waals surface area contributed by atoms with Crippen LogP contribution in [-0.2, 0) is 16.9 Å². The first-order valence-corrected chi connectivity index (χ1v) is 9.87. The Labute approximate surface area is 176 Å². The van der Waals surface area contributed by atoms with Crippen LogP contribution in [-0.4, -0.2) is 23.4 Å². The van der Waals surface area contributed by atoms with E-state index in [1.54, 1.807) is 19.1 Å². The van der Waals surface area contributed by atoms with Gasteiger partial charge in [-0.15, -0.1) is 0 Å². The fourth-order valence-electron chi connectivity index (χ4n) is 3.73. The molecule has 30 heavy (non-hydrogen) atoms. The molecule has 1 aliphatic heterocycles. The molecule has 0 radical (unpaired) electrons. The third-order valence-electron chi connectivity index (χ3n) is 5.40. The molecule has 1 N–H and O–H groups in total. The van der Waals surface area contributed by atoms with Crippen molar-refractivity contribution in [2.24, 2.45) is 0 Å². The van der Waals surface area contributed by atoms with Gasteiger partial charge in [0.25, 0.3) is 5.91 Å². The number of urea groups is 1. The predicted octanol–water partition coefficient (Wildman–Crippen LogP) is 4.76. The Bertz CT molecular complexity index is 1130. The molecule has 1 aliphatic rings. The monoisotopic (exact) mass is 400 g/mol. The SMILES string of the molecule is C=C(C)COc1ccc(C2(C)NC(=O)N(Cc3cccc4ccccc34)C2=O)cc1. The highest BCUT2D eigenvalue weighted by molar-refractivity contribution is 6.07. The van der Waals surface area contributed by atoms with E-state index in [-0.39, 0.29) is 12.5 Å². The molecule has 0 aliphatic carbocycles. The van der Waals surface area contributed by atoms with Crippen LogP contribution in [0.5, 0.6) is 5.75 Å². The molecule has 1 atom stereocenters. The van der Waals surface area contributed by atoms with Gasteiger partial charge in [-0.3, -0.25) is 9.69 Å². The van der Waals surface area contributed by atoms with E-state index in [0.29, 0.717) is 17.9 Å². The van der Waals surface area contributed by atoms with Crippen LogP contribution in [0.3, 0.4) is 0 Å². The van der Waals surface area contributed by atoms with E-state index in [1.807, 2.05) is 61.5 Å². The minimum Gasteiger partial charge on any atom is -0.489 e. The van der Waals surface area contributed by atoms with Crippen molar-refractivity contribution in [3.05, 3.63) is 90.0 Å². The van der Waals surface area contributed by atoms with E-state index in [9.17, 15) is 9.59 Å². The molecule has 1 unspecified atom stereocenters. The predicted molar refractivity (Wildman–Crippen MR) is 117 cm³/mol. The molecule has 3 aromatic rings. The van der Waals surface area contributed by atoms with E-state index in [0.717, 1.165) is 21.9 Å². The van der Waals surface area contributed by atoms with E-state index in [4.69, 9.17) is 4.74 Å². The molecule has 152 valence electrons. The van der Waals surface area contributed by atoms with E-state index in [2.05, 4.69) is 11.9 Å². The largest absolute Gasteiger partial charge is 0.489 e. The number of benzene rings is 3. The normalized spacial score (nSPS) is 18.5. The summed E-state index contributed by atoms with van der Waals surface area (Å²) >= 11 is 0. The number of ether oxygens (including phenoxy) is 1. The molecule has 0 spiro atoms. The molecule has 3 amide bonds. The van der Waals surface area contributed by atoms with Crippen LogP contribution in [0, 0.1) is 0 Å². The highest BCUT2D eigenvalue weighted by Gasteiger charge is 2.48. The zero-order valence-corrected chi connectivity index (χ0v) is 17.1. The van der Waals surface area contributed by atoms with Gasteiger partial charge < -0.3 is 10.1 Å². The van der Waals surface area contributed by atoms with Crippen LogP contribution in [0.25, 0.3) is 10.8 Å². The van der Waals surface area contributed by atoms with Gasteiger partial charge in [-0.1, -0.05) is 61.2 Å². The maximum absolute atomic E-state index is 13.3. The first-order valence-electron chi connectivity index (χ1n) is 9.87. The van der Waals surface area contributed by atoms with Gasteiger partial charge in [0.1, 0.15) is 17.9 Å². The molecular weight excluding hydrogens is 376 g/mol. The lowest BCUT2D eigenvalue weighted by molar-refractivity contribution is -0.131. The van der Waals surface area contributed by atoms with Crippen molar-refractivity contribution in [1.82, 2.24) is 10.2 Å². The Morgan fingerprint density at radius 3 is 2.47 bits per heavy atom. The van der Waals surface area contributed by atoms with Crippen molar-refractivity contribution in [2.75, 3.05) is 6.61 Å². The molecule has 5 nitrogen and oxygen atoms in total. The molecule has 1 heterocycles. The molecule has 1 saturated heterocycles. The van der Waals surface area contributed by atoms with E-state index in [1.165, 1.54) is 4.90 Å². The van der Waals surface area contributed by atoms with Crippen molar-refractivity contribution in [3.63, 3.8) is 0 Å². The molecule has 0 saturated carbocycles. The summed E-state index contributed by atoms with van der Waals surface area (Å²) in [6.45, 7) is 8.11. The second kappa shape index (κ2) is 7.67. The second-order valence-corrected chi connectivity index (χ2v) is 7.85. The zero-order chi connectivity index (χ0) is 21.3. The number of nitrogens with one attached hydrogen (secondary N) is 1. The number of carbonyl (C=O) groups excluding carboxylic acids is 2. The average molecular weight is 400 g/mol. The standard InChI is InChI=1S/C25H24N2O3/c1-17(2)16-30-21-13-11-20(12-14-21)25(3)23(28)27(24(29)26-25)15-19-9-6-8-18-7-4-5-10-22(18)19/h4-14H,1,15-16H2,2-3H3,(H,26,29). The number of fused-ring (bicyclic) bond motifs is 1. The lowest BCUT2D eigenvalue weighted by atomic mass is 9.92. The summed E-state index contributed by atoms with van der Waals surface area (Å²) in [6.07, 6.45) is 0. The lowest BCUT2D eigenvalue weighted by Crippen LogP contribution is -2.40. The Kier molecular flexibility index (Phi) is 5.04. The van der Waals surface area contributed by atoms with Gasteiger partial charge in [-0.2, -0.15) is 0 Å². The Balaban J connectivity index is 1.58. The minimum atomic E-state index is -1.12. The van der Waals surface area contributed by atoms with Crippen molar-refractivity contribution in [2.45, 2.75) is 25.9 Å². The maximum atomic E-state index is 13.3. The summed E-state index contributed by atoms with van der Waals surface area (Å²) in [5.74, 6) is 0.422. The number of imide groups is 1. The zero-order valence-electron chi connectivity index (χ0n) is 17.1. The van der Waals surface area contributed by atoms with Gasteiger partial charge in [-0.05, 0) is 53.5 Å². The summed E-state index contributed by atoms with van der Waals surface area (Å²) in [5, 5.41) is 4.98. The van der Waals surface area contributed by atoms with E-state index >= 15 is 0 Å². The van der Waals surface area contributed by atoms with Gasteiger partial charge in [0.05, 0.1) is 6.54 Å². The third kappa shape index (κ3) is 3.54. The smallest absolute Gasteiger partial charge is 0.325 e. The van der Waals surface area contributed by atoms with Crippen molar-refractivity contribution >= 4 is 22.7 Å². The van der Waals surface area contributed by atoms with Gasteiger partial charge in [0.2, 0.25) is 0 Å². The molecule has 0 bridgehead atoms. The quantitative estimate of drug-likeness (QED) is 0.479. The Morgan fingerprint density at radius 2 is 1.73 bits per heavy atom. The number of hydrogen-bond donors (Lipinski definition) is 1. The number of amides is 3. The van der Waals surface area contributed by atoms with Gasteiger partial charge >= 0.3 is 6.03 Å². The van der Waals surface area contributed by atoms with Crippen LogP contribution in [0.15, 0.2) is 78.9 Å². The van der Waals surface area contributed by atoms with Gasteiger partial charge in [0.15, 0.2) is 0 Å². The van der Waals surface area contributed by atoms with Crippen LogP contribution < -0.4 is 10.1 Å².